The summed E-state index contributed by atoms with van der Waals surface area (Å²) in [5.41, 5.74) is 4.14. The Labute approximate surface area is 328 Å². The molecular weight excluding hydrogens is 711 g/mol. The molecule has 0 aliphatic carbocycles. The third-order valence-corrected chi connectivity index (χ3v) is 16.7. The Hall–Kier alpha value is -3.74. The molecule has 3 N–H and O–H groups in total. The van der Waals surface area contributed by atoms with Crippen molar-refractivity contribution in [1.82, 2.24) is 10.2 Å². The average Bonchev–Trinajstić information content (AvgIpc) is 3.80. The minimum absolute atomic E-state index is 0.000772. The molecule has 0 bridgehead atoms. The summed E-state index contributed by atoms with van der Waals surface area (Å²) in [6, 6.07) is 22.2. The van der Waals surface area contributed by atoms with Crippen molar-refractivity contribution >= 4 is 36.4 Å². The Kier molecular flexibility index (Phi) is 13.7. The minimum atomic E-state index is -2.14. The third-order valence-electron chi connectivity index (χ3n) is 12.3. The van der Waals surface area contributed by atoms with E-state index in [9.17, 15) is 19.8 Å². The normalized spacial score (nSPS) is 23.9. The number of anilines is 2. The molecular formula is C44H61N3O7Si. The van der Waals surface area contributed by atoms with E-state index in [0.717, 1.165) is 60.5 Å². The first-order chi connectivity index (χ1) is 26.6. The maximum absolute atomic E-state index is 14.0. The molecule has 6 atom stereocenters. The maximum Gasteiger partial charge on any atom is 0.249 e. The topological polar surface area (TPSA) is 121 Å². The van der Waals surface area contributed by atoms with E-state index in [1.807, 2.05) is 59.2 Å². The molecule has 3 aliphatic heterocycles. The van der Waals surface area contributed by atoms with Gasteiger partial charge in [0.05, 0.1) is 64.8 Å². The largest absolute Gasteiger partial charge is 0.497 e. The zero-order chi connectivity index (χ0) is 39.1. The van der Waals surface area contributed by atoms with Gasteiger partial charge in [0.2, 0.25) is 11.8 Å². The first-order valence-corrected chi connectivity index (χ1v) is 23.4. The standard InChI is InChI=1S/C44H61N3O7Si/c1-6-53-36-18-21-39-32(26-36)27-38(45-23-7-8-25-48)44(51)47(39)33-14-11-31(12-15-33)13-22-40-30(2)43(55(4,5)37-19-16-35(52-3)17-20-37)41(54-40)28-42(50)46-24-9-10-34(46)29-49/h11-12,14-21,26,30,34,38,40-41,43,45,48-49H,6-10,13,22-25,27-29H2,1-5H3/t30-,34-,38?,40+,41-,43+/m0/s1. The van der Waals surface area contributed by atoms with E-state index >= 15 is 0 Å². The van der Waals surface area contributed by atoms with Gasteiger partial charge in [-0.25, -0.2) is 0 Å². The monoisotopic (exact) mass is 771 g/mol. The number of hydrogen-bond donors (Lipinski definition) is 3. The highest BCUT2D eigenvalue weighted by atomic mass is 28.3. The lowest BCUT2D eigenvalue weighted by Crippen LogP contribution is -2.51. The number of ether oxygens (including phenoxy) is 3. The van der Waals surface area contributed by atoms with E-state index in [1.54, 1.807) is 7.11 Å². The average molecular weight is 772 g/mol. The highest BCUT2D eigenvalue weighted by Gasteiger charge is 2.51. The summed E-state index contributed by atoms with van der Waals surface area (Å²) in [6.45, 7) is 11.1. The quantitative estimate of drug-likeness (QED) is 0.118. The van der Waals surface area contributed by atoms with Crippen molar-refractivity contribution in [3.05, 3.63) is 77.9 Å². The van der Waals surface area contributed by atoms with Gasteiger partial charge < -0.3 is 34.6 Å². The molecule has 0 saturated carbocycles. The van der Waals surface area contributed by atoms with Crippen LogP contribution in [0, 0.1) is 5.92 Å². The van der Waals surface area contributed by atoms with E-state index in [2.05, 4.69) is 49.6 Å². The van der Waals surface area contributed by atoms with Crippen LogP contribution in [0.15, 0.2) is 66.7 Å². The molecule has 3 heterocycles. The molecule has 2 fully saturated rings. The molecule has 0 radical (unpaired) electrons. The van der Waals surface area contributed by atoms with E-state index in [-0.39, 0.29) is 60.8 Å². The fourth-order valence-corrected chi connectivity index (χ4v) is 13.4. The predicted octanol–water partition coefficient (Wildman–Crippen LogP) is 5.74. The van der Waals surface area contributed by atoms with Crippen molar-refractivity contribution in [2.75, 3.05) is 44.9 Å². The molecule has 0 spiro atoms. The Morgan fingerprint density at radius 1 is 1.00 bits per heavy atom. The molecule has 0 aromatic heterocycles. The minimum Gasteiger partial charge on any atom is -0.497 e. The van der Waals surface area contributed by atoms with Gasteiger partial charge in [0.25, 0.3) is 0 Å². The lowest BCUT2D eigenvalue weighted by atomic mass is 9.94. The SMILES string of the molecule is CCOc1ccc2c(c1)CC(NCCCCO)C(=O)N2c1ccc(CC[C@H]2O[C@@H](CC(=O)N3CCC[C@H]3CO)[C@H]([Si](C)(C)c3ccc(OC)cc3)[C@H]2C)cc1. The van der Waals surface area contributed by atoms with Crippen molar-refractivity contribution in [2.45, 2.75) is 108 Å². The number of rotatable bonds is 17. The lowest BCUT2D eigenvalue weighted by molar-refractivity contribution is -0.135. The summed E-state index contributed by atoms with van der Waals surface area (Å²) in [4.78, 5) is 31.4. The van der Waals surface area contributed by atoms with E-state index < -0.39 is 8.07 Å². The highest BCUT2D eigenvalue weighted by molar-refractivity contribution is 6.91. The van der Waals surface area contributed by atoms with Crippen LogP contribution >= 0.6 is 0 Å². The number of amides is 2. The number of carbonyl (C=O) groups is 2. The van der Waals surface area contributed by atoms with Crippen molar-refractivity contribution in [3.8, 4) is 11.5 Å². The number of hydrogen-bond acceptors (Lipinski definition) is 8. The maximum atomic E-state index is 14.0. The number of fused-ring (bicyclic) bond motifs is 1. The van der Waals surface area contributed by atoms with Crippen LogP contribution in [0.1, 0.15) is 63.5 Å². The summed E-state index contributed by atoms with van der Waals surface area (Å²) in [7, 11) is -0.457. The second-order valence-electron chi connectivity index (χ2n) is 16.1. The highest BCUT2D eigenvalue weighted by Crippen LogP contribution is 2.47. The summed E-state index contributed by atoms with van der Waals surface area (Å²) < 4.78 is 18.2. The Bertz CT molecular complexity index is 1740. The van der Waals surface area contributed by atoms with Crippen molar-refractivity contribution in [2.24, 2.45) is 5.92 Å². The first kappa shape index (κ1) is 40.9. The Morgan fingerprint density at radius 2 is 1.75 bits per heavy atom. The number of benzene rings is 3. The number of aliphatic hydroxyl groups is 2. The van der Waals surface area contributed by atoms with Crippen molar-refractivity contribution in [1.29, 1.82) is 0 Å². The van der Waals surface area contributed by atoms with E-state index in [4.69, 9.17) is 14.2 Å². The Morgan fingerprint density at radius 3 is 2.44 bits per heavy atom. The molecule has 11 heteroatoms. The molecule has 2 amide bonds. The summed E-state index contributed by atoms with van der Waals surface area (Å²) in [5.74, 6) is 1.97. The van der Waals surface area contributed by atoms with Crippen LogP contribution in [-0.4, -0.2) is 99.3 Å². The van der Waals surface area contributed by atoms with Crippen LogP contribution in [0.25, 0.3) is 0 Å². The predicted molar refractivity (Wildman–Crippen MR) is 219 cm³/mol. The summed E-state index contributed by atoms with van der Waals surface area (Å²) in [5, 5.41) is 24.0. The summed E-state index contributed by atoms with van der Waals surface area (Å²) in [6.07, 6.45) is 5.60. The van der Waals surface area contributed by atoms with Crippen LogP contribution in [-0.2, 0) is 27.2 Å². The molecule has 3 aliphatic rings. The second kappa shape index (κ2) is 18.5. The van der Waals surface area contributed by atoms with Crippen LogP contribution < -0.4 is 24.9 Å². The third kappa shape index (κ3) is 9.12. The van der Waals surface area contributed by atoms with Crippen LogP contribution in [0.5, 0.6) is 11.5 Å². The molecule has 3 aromatic carbocycles. The number of likely N-dealkylation sites (tertiary alicyclic amines) is 1. The van der Waals surface area contributed by atoms with Gasteiger partial charge in [-0.2, -0.15) is 0 Å². The van der Waals surface area contributed by atoms with Gasteiger partial charge in [0, 0.05) is 18.8 Å². The lowest BCUT2D eigenvalue weighted by Gasteiger charge is -2.36. The molecule has 1 unspecified atom stereocenters. The fourth-order valence-electron chi connectivity index (χ4n) is 9.33. The second-order valence-corrected chi connectivity index (χ2v) is 20.7. The van der Waals surface area contributed by atoms with Gasteiger partial charge in [0.15, 0.2) is 0 Å². The fraction of sp³-hybridized carbons (Fsp3) is 0.545. The van der Waals surface area contributed by atoms with Crippen LogP contribution in [0.4, 0.5) is 11.4 Å². The van der Waals surface area contributed by atoms with Gasteiger partial charge in [0.1, 0.15) is 11.5 Å². The van der Waals surface area contributed by atoms with Crippen LogP contribution in [0.2, 0.25) is 18.6 Å². The number of aryl methyl sites for hydroxylation is 1. The number of nitrogens with one attached hydrogen (secondary N) is 1. The van der Waals surface area contributed by atoms with Crippen LogP contribution in [0.3, 0.4) is 0 Å². The molecule has 6 rings (SSSR count). The smallest absolute Gasteiger partial charge is 0.249 e. The van der Waals surface area contributed by atoms with Gasteiger partial charge in [-0.3, -0.25) is 14.5 Å². The molecule has 55 heavy (non-hydrogen) atoms. The molecule has 3 aromatic rings. The zero-order valence-electron chi connectivity index (χ0n) is 33.3. The van der Waals surface area contributed by atoms with Gasteiger partial charge in [-0.05, 0) is 123 Å². The number of unbranched alkanes of at least 4 members (excludes halogenated alkanes) is 1. The number of aliphatic hydroxyl groups excluding tert-OH is 2. The van der Waals surface area contributed by atoms with Crippen molar-refractivity contribution in [3.63, 3.8) is 0 Å². The number of carbonyl (C=O) groups excluding carboxylic acids is 2. The summed E-state index contributed by atoms with van der Waals surface area (Å²) >= 11 is 0. The van der Waals surface area contributed by atoms with Crippen molar-refractivity contribution < 1.29 is 34.0 Å². The number of methoxy groups -OCH3 is 1. The Balaban J connectivity index is 1.19. The van der Waals surface area contributed by atoms with Gasteiger partial charge in [-0.1, -0.05) is 49.5 Å². The molecule has 10 nitrogen and oxygen atoms in total. The molecule has 2 saturated heterocycles. The van der Waals surface area contributed by atoms with Gasteiger partial charge >= 0.3 is 0 Å². The molecule has 298 valence electrons. The van der Waals surface area contributed by atoms with E-state index in [0.29, 0.717) is 39.0 Å². The van der Waals surface area contributed by atoms with Gasteiger partial charge in [-0.15, -0.1) is 0 Å². The number of nitrogens with zero attached hydrogens (tertiary/aromatic N) is 2. The zero-order valence-corrected chi connectivity index (χ0v) is 34.3. The first-order valence-electron chi connectivity index (χ1n) is 20.3. The van der Waals surface area contributed by atoms with E-state index in [1.165, 1.54) is 10.8 Å².